The number of carbonyl (C=O) groups excluding carboxylic acids is 2. The van der Waals surface area contributed by atoms with E-state index in [0.29, 0.717) is 30.9 Å². The molecule has 0 aliphatic heterocycles. The van der Waals surface area contributed by atoms with Crippen LogP contribution in [0.25, 0.3) is 0 Å². The summed E-state index contributed by atoms with van der Waals surface area (Å²) in [5, 5.41) is 5.78. The standard InChI is InChI=1S/C25H34N2O4/c1-6-22(30-20-12-8-17(3)9-13-20)24(28)26-16-19(5)27-25(29)23(7-2)31-21-14-10-18(4)11-15-21/h8-15,19,22-23H,6-7,16H2,1-5H3,(H,26,28)(H,27,29)/t19-,22+,23+/m0/s1. The average molecular weight is 427 g/mol. The van der Waals surface area contributed by atoms with Crippen molar-refractivity contribution in [2.24, 2.45) is 0 Å². The summed E-state index contributed by atoms with van der Waals surface area (Å²) in [6.45, 7) is 9.95. The third kappa shape index (κ3) is 7.96. The maximum Gasteiger partial charge on any atom is 0.261 e. The number of hydrogen-bond acceptors (Lipinski definition) is 4. The molecule has 0 spiro atoms. The van der Waals surface area contributed by atoms with E-state index in [1.807, 2.05) is 83.1 Å². The zero-order valence-electron chi connectivity index (χ0n) is 19.1. The number of benzene rings is 2. The SMILES string of the molecule is CC[C@@H](Oc1ccc(C)cc1)C(=O)NC[C@H](C)NC(=O)[C@@H](CC)Oc1ccc(C)cc1. The highest BCUT2D eigenvalue weighted by atomic mass is 16.5. The summed E-state index contributed by atoms with van der Waals surface area (Å²) in [5.74, 6) is 0.917. The monoisotopic (exact) mass is 426 g/mol. The fourth-order valence-corrected chi connectivity index (χ4v) is 2.96. The molecule has 6 heteroatoms. The second kappa shape index (κ2) is 12.0. The number of rotatable bonds is 11. The van der Waals surface area contributed by atoms with Crippen LogP contribution in [-0.4, -0.2) is 36.6 Å². The highest BCUT2D eigenvalue weighted by Crippen LogP contribution is 2.16. The molecule has 0 aromatic heterocycles. The number of aryl methyl sites for hydroxylation is 2. The Morgan fingerprint density at radius 1 is 0.774 bits per heavy atom. The Hall–Kier alpha value is -3.02. The fraction of sp³-hybridized carbons (Fsp3) is 0.440. The van der Waals surface area contributed by atoms with Crippen LogP contribution < -0.4 is 20.1 Å². The summed E-state index contributed by atoms with van der Waals surface area (Å²) in [6, 6.07) is 15.0. The maximum absolute atomic E-state index is 12.6. The minimum absolute atomic E-state index is 0.201. The summed E-state index contributed by atoms with van der Waals surface area (Å²) >= 11 is 0. The van der Waals surface area contributed by atoms with E-state index in [0.717, 1.165) is 11.1 Å². The van der Waals surface area contributed by atoms with Gasteiger partial charge in [-0.15, -0.1) is 0 Å². The molecule has 2 amide bonds. The van der Waals surface area contributed by atoms with E-state index >= 15 is 0 Å². The summed E-state index contributed by atoms with van der Waals surface area (Å²) < 4.78 is 11.6. The van der Waals surface area contributed by atoms with E-state index in [1.165, 1.54) is 0 Å². The predicted octanol–water partition coefficient (Wildman–Crippen LogP) is 3.94. The van der Waals surface area contributed by atoms with Gasteiger partial charge in [0.15, 0.2) is 12.2 Å². The lowest BCUT2D eigenvalue weighted by Gasteiger charge is -2.22. The van der Waals surface area contributed by atoms with Gasteiger partial charge in [-0.25, -0.2) is 0 Å². The lowest BCUT2D eigenvalue weighted by atomic mass is 10.2. The first-order valence-corrected chi connectivity index (χ1v) is 10.9. The van der Waals surface area contributed by atoms with Gasteiger partial charge >= 0.3 is 0 Å². The van der Waals surface area contributed by atoms with E-state index in [-0.39, 0.29) is 17.9 Å². The van der Waals surface area contributed by atoms with Gasteiger partial charge in [0.2, 0.25) is 0 Å². The van der Waals surface area contributed by atoms with Gasteiger partial charge in [0, 0.05) is 12.6 Å². The molecule has 3 atom stereocenters. The fourth-order valence-electron chi connectivity index (χ4n) is 2.96. The van der Waals surface area contributed by atoms with Crippen molar-refractivity contribution < 1.29 is 19.1 Å². The zero-order chi connectivity index (χ0) is 22.8. The van der Waals surface area contributed by atoms with E-state index < -0.39 is 12.2 Å². The summed E-state index contributed by atoms with van der Waals surface area (Å²) in [6.07, 6.45) is -0.0860. The van der Waals surface area contributed by atoms with Crippen molar-refractivity contribution in [1.82, 2.24) is 10.6 Å². The second-order valence-corrected chi connectivity index (χ2v) is 7.81. The minimum atomic E-state index is -0.589. The molecule has 2 aromatic carbocycles. The Bertz CT molecular complexity index is 834. The second-order valence-electron chi connectivity index (χ2n) is 7.81. The molecule has 0 aliphatic rings. The molecule has 0 unspecified atom stereocenters. The third-order valence-corrected chi connectivity index (χ3v) is 4.90. The van der Waals surface area contributed by atoms with Gasteiger partial charge in [0.1, 0.15) is 11.5 Å². The molecule has 0 bridgehead atoms. The van der Waals surface area contributed by atoms with Crippen molar-refractivity contribution in [1.29, 1.82) is 0 Å². The van der Waals surface area contributed by atoms with Crippen molar-refractivity contribution in [3.05, 3.63) is 59.7 Å². The van der Waals surface area contributed by atoms with Crippen LogP contribution in [0.5, 0.6) is 11.5 Å². The van der Waals surface area contributed by atoms with Crippen LogP contribution in [0.4, 0.5) is 0 Å². The predicted molar refractivity (Wildman–Crippen MR) is 122 cm³/mol. The Kier molecular flexibility index (Phi) is 9.38. The zero-order valence-corrected chi connectivity index (χ0v) is 19.1. The Morgan fingerprint density at radius 3 is 1.61 bits per heavy atom. The van der Waals surface area contributed by atoms with Crippen molar-refractivity contribution in [2.45, 2.75) is 65.7 Å². The van der Waals surface area contributed by atoms with Gasteiger partial charge in [0.05, 0.1) is 0 Å². The lowest BCUT2D eigenvalue weighted by Crippen LogP contribution is -2.48. The molecule has 2 N–H and O–H groups in total. The van der Waals surface area contributed by atoms with Crippen LogP contribution in [0.1, 0.15) is 44.7 Å². The number of carbonyl (C=O) groups is 2. The van der Waals surface area contributed by atoms with Gasteiger partial charge < -0.3 is 20.1 Å². The van der Waals surface area contributed by atoms with E-state index in [9.17, 15) is 9.59 Å². The van der Waals surface area contributed by atoms with Crippen molar-refractivity contribution >= 4 is 11.8 Å². The first kappa shape index (κ1) is 24.3. The number of amides is 2. The van der Waals surface area contributed by atoms with Crippen molar-refractivity contribution in [3.8, 4) is 11.5 Å². The minimum Gasteiger partial charge on any atom is -0.481 e. The number of ether oxygens (including phenoxy) is 2. The maximum atomic E-state index is 12.6. The average Bonchev–Trinajstić information content (AvgIpc) is 2.76. The van der Waals surface area contributed by atoms with Gasteiger partial charge in [-0.3, -0.25) is 9.59 Å². The van der Waals surface area contributed by atoms with Gasteiger partial charge in [-0.05, 0) is 57.9 Å². The number of hydrogen-bond donors (Lipinski definition) is 2. The molecule has 0 saturated heterocycles. The van der Waals surface area contributed by atoms with E-state index in [1.54, 1.807) is 0 Å². The Morgan fingerprint density at radius 2 is 1.19 bits per heavy atom. The molecule has 2 aromatic rings. The van der Waals surface area contributed by atoms with Crippen LogP contribution in [0, 0.1) is 13.8 Å². The van der Waals surface area contributed by atoms with Crippen LogP contribution in [0.2, 0.25) is 0 Å². The molecule has 31 heavy (non-hydrogen) atoms. The topological polar surface area (TPSA) is 76.7 Å². The van der Waals surface area contributed by atoms with Gasteiger partial charge in [0.25, 0.3) is 11.8 Å². The first-order chi connectivity index (χ1) is 14.8. The van der Waals surface area contributed by atoms with E-state index in [2.05, 4.69) is 10.6 Å². The third-order valence-electron chi connectivity index (χ3n) is 4.90. The normalized spacial score (nSPS) is 13.6. The first-order valence-electron chi connectivity index (χ1n) is 10.9. The molecule has 2 rings (SSSR count). The highest BCUT2D eigenvalue weighted by Gasteiger charge is 2.22. The van der Waals surface area contributed by atoms with Crippen LogP contribution in [0.15, 0.2) is 48.5 Å². The quantitative estimate of drug-likeness (QED) is 0.571. The van der Waals surface area contributed by atoms with Gasteiger partial charge in [-0.2, -0.15) is 0 Å². The van der Waals surface area contributed by atoms with Crippen molar-refractivity contribution in [3.63, 3.8) is 0 Å². The molecule has 168 valence electrons. The highest BCUT2D eigenvalue weighted by molar-refractivity contribution is 5.82. The molecule has 0 saturated carbocycles. The van der Waals surface area contributed by atoms with Crippen LogP contribution >= 0.6 is 0 Å². The number of nitrogens with one attached hydrogen (secondary N) is 2. The molecular weight excluding hydrogens is 392 g/mol. The largest absolute Gasteiger partial charge is 0.481 e. The summed E-state index contributed by atoms with van der Waals surface area (Å²) in [7, 11) is 0. The lowest BCUT2D eigenvalue weighted by molar-refractivity contribution is -0.130. The molecule has 0 fully saturated rings. The van der Waals surface area contributed by atoms with E-state index in [4.69, 9.17) is 9.47 Å². The molecule has 6 nitrogen and oxygen atoms in total. The van der Waals surface area contributed by atoms with Crippen LogP contribution in [-0.2, 0) is 9.59 Å². The summed E-state index contributed by atoms with van der Waals surface area (Å²) in [4.78, 5) is 25.1. The molecule has 0 heterocycles. The van der Waals surface area contributed by atoms with Gasteiger partial charge in [-0.1, -0.05) is 49.2 Å². The Balaban J connectivity index is 1.82. The smallest absolute Gasteiger partial charge is 0.261 e. The molecule has 0 aliphatic carbocycles. The summed E-state index contributed by atoms with van der Waals surface area (Å²) in [5.41, 5.74) is 2.26. The van der Waals surface area contributed by atoms with Crippen LogP contribution in [0.3, 0.4) is 0 Å². The molecule has 0 radical (unpaired) electrons. The Labute approximate surface area is 185 Å². The van der Waals surface area contributed by atoms with Crippen molar-refractivity contribution in [2.75, 3.05) is 6.54 Å². The molecular formula is C25H34N2O4.